The molecule has 0 radical (unpaired) electrons. The van der Waals surface area contributed by atoms with E-state index in [1.807, 2.05) is 11.8 Å². The second kappa shape index (κ2) is 5.55. The number of rotatable bonds is 7. The van der Waals surface area contributed by atoms with Crippen LogP contribution in [0.5, 0.6) is 0 Å². The molecule has 0 aromatic rings. The zero-order chi connectivity index (χ0) is 11.5. The maximum Gasteiger partial charge on any atom is 0.0624 e. The molecule has 1 aliphatic rings. The van der Waals surface area contributed by atoms with Gasteiger partial charge in [-0.1, -0.05) is 27.7 Å². The van der Waals surface area contributed by atoms with E-state index in [-0.39, 0.29) is 12.1 Å². The second-order valence-electron chi connectivity index (χ2n) is 5.25. The van der Waals surface area contributed by atoms with E-state index in [4.69, 9.17) is 0 Å². The van der Waals surface area contributed by atoms with Crippen molar-refractivity contribution in [3.05, 3.63) is 0 Å². The smallest absolute Gasteiger partial charge is 0.0624 e. The van der Waals surface area contributed by atoms with Crippen molar-refractivity contribution in [2.45, 2.75) is 57.4 Å². The lowest BCUT2D eigenvalue weighted by atomic mass is 9.95. The molecule has 3 heteroatoms. The fraction of sp³-hybridized carbons (Fsp3) is 1.00. The standard InChI is InChI=1S/C12H25NOS/c1-9(2)13-12(7-14,11-5-6-11)8-15-10(3)4/h9-11,13-14H,5-8H2,1-4H3. The first kappa shape index (κ1) is 13.3. The van der Waals surface area contributed by atoms with E-state index < -0.39 is 0 Å². The van der Waals surface area contributed by atoms with Gasteiger partial charge in [0.1, 0.15) is 0 Å². The van der Waals surface area contributed by atoms with Crippen molar-refractivity contribution in [1.29, 1.82) is 0 Å². The molecule has 1 fully saturated rings. The molecule has 1 aliphatic carbocycles. The average molecular weight is 231 g/mol. The Kier molecular flexibility index (Phi) is 4.94. The third-order valence-corrected chi connectivity index (χ3v) is 4.24. The summed E-state index contributed by atoms with van der Waals surface area (Å²) in [5, 5.41) is 13.9. The predicted octanol–water partition coefficient (Wildman–Crippen LogP) is 2.27. The summed E-state index contributed by atoms with van der Waals surface area (Å²) in [5.74, 6) is 1.72. The topological polar surface area (TPSA) is 32.3 Å². The van der Waals surface area contributed by atoms with Gasteiger partial charge in [-0.2, -0.15) is 11.8 Å². The fourth-order valence-electron chi connectivity index (χ4n) is 2.02. The van der Waals surface area contributed by atoms with Gasteiger partial charge >= 0.3 is 0 Å². The van der Waals surface area contributed by atoms with Crippen molar-refractivity contribution in [1.82, 2.24) is 5.32 Å². The number of thioether (sulfide) groups is 1. The second-order valence-corrected chi connectivity index (χ2v) is 6.81. The van der Waals surface area contributed by atoms with E-state index >= 15 is 0 Å². The number of aliphatic hydroxyl groups excluding tert-OH is 1. The lowest BCUT2D eigenvalue weighted by molar-refractivity contribution is 0.150. The van der Waals surface area contributed by atoms with Crippen molar-refractivity contribution >= 4 is 11.8 Å². The van der Waals surface area contributed by atoms with E-state index in [1.54, 1.807) is 0 Å². The molecular formula is C12H25NOS. The van der Waals surface area contributed by atoms with Gasteiger partial charge in [0.2, 0.25) is 0 Å². The first-order valence-electron chi connectivity index (χ1n) is 6.00. The highest BCUT2D eigenvalue weighted by molar-refractivity contribution is 7.99. The van der Waals surface area contributed by atoms with Crippen LogP contribution < -0.4 is 5.32 Å². The average Bonchev–Trinajstić information content (AvgIpc) is 2.94. The highest BCUT2D eigenvalue weighted by Gasteiger charge is 2.44. The number of aliphatic hydroxyl groups is 1. The van der Waals surface area contributed by atoms with Crippen LogP contribution in [0.25, 0.3) is 0 Å². The van der Waals surface area contributed by atoms with Crippen LogP contribution in [0, 0.1) is 5.92 Å². The Morgan fingerprint density at radius 2 is 1.93 bits per heavy atom. The van der Waals surface area contributed by atoms with Gasteiger partial charge in [0.05, 0.1) is 12.1 Å². The summed E-state index contributed by atoms with van der Waals surface area (Å²) >= 11 is 1.95. The largest absolute Gasteiger partial charge is 0.394 e. The molecule has 1 atom stereocenters. The van der Waals surface area contributed by atoms with Gasteiger partial charge < -0.3 is 10.4 Å². The third kappa shape index (κ3) is 3.97. The molecule has 0 amide bonds. The molecule has 1 saturated carbocycles. The summed E-state index contributed by atoms with van der Waals surface area (Å²) < 4.78 is 0. The number of hydrogen-bond donors (Lipinski definition) is 2. The van der Waals surface area contributed by atoms with Crippen molar-refractivity contribution < 1.29 is 5.11 Å². The van der Waals surface area contributed by atoms with Crippen LogP contribution in [-0.2, 0) is 0 Å². The Morgan fingerprint density at radius 1 is 1.33 bits per heavy atom. The fourth-order valence-corrected chi connectivity index (χ4v) is 3.07. The van der Waals surface area contributed by atoms with Gasteiger partial charge in [-0.25, -0.2) is 0 Å². The van der Waals surface area contributed by atoms with Gasteiger partial charge in [-0.15, -0.1) is 0 Å². The monoisotopic (exact) mass is 231 g/mol. The van der Waals surface area contributed by atoms with Crippen LogP contribution in [0.2, 0.25) is 0 Å². The highest BCUT2D eigenvalue weighted by Crippen LogP contribution is 2.41. The van der Waals surface area contributed by atoms with E-state index in [0.717, 1.165) is 5.75 Å². The molecule has 0 aromatic heterocycles. The lowest BCUT2D eigenvalue weighted by Crippen LogP contribution is -2.55. The predicted molar refractivity (Wildman–Crippen MR) is 68.4 cm³/mol. The summed E-state index contributed by atoms with van der Waals surface area (Å²) in [7, 11) is 0. The molecule has 15 heavy (non-hydrogen) atoms. The molecule has 90 valence electrons. The van der Waals surface area contributed by atoms with Crippen LogP contribution in [0.3, 0.4) is 0 Å². The Morgan fingerprint density at radius 3 is 2.27 bits per heavy atom. The summed E-state index contributed by atoms with van der Waals surface area (Å²) in [6, 6.07) is 0.450. The minimum absolute atomic E-state index is 0.0247. The van der Waals surface area contributed by atoms with E-state index in [9.17, 15) is 5.11 Å². The van der Waals surface area contributed by atoms with E-state index in [1.165, 1.54) is 12.8 Å². The van der Waals surface area contributed by atoms with Crippen LogP contribution in [0.4, 0.5) is 0 Å². The van der Waals surface area contributed by atoms with Gasteiger partial charge in [0.25, 0.3) is 0 Å². The lowest BCUT2D eigenvalue weighted by Gasteiger charge is -2.35. The third-order valence-electron chi connectivity index (χ3n) is 2.89. The van der Waals surface area contributed by atoms with Crippen LogP contribution >= 0.6 is 11.8 Å². The maximum absolute atomic E-state index is 9.67. The molecule has 0 bridgehead atoms. The molecule has 0 aliphatic heterocycles. The molecule has 0 heterocycles. The molecular weight excluding hydrogens is 206 g/mol. The minimum Gasteiger partial charge on any atom is -0.394 e. The molecule has 0 saturated heterocycles. The Labute approximate surface area is 98.2 Å². The van der Waals surface area contributed by atoms with Gasteiger partial charge in [-0.05, 0) is 24.0 Å². The summed E-state index contributed by atoms with van der Waals surface area (Å²) in [4.78, 5) is 0. The molecule has 1 unspecified atom stereocenters. The highest BCUT2D eigenvalue weighted by atomic mass is 32.2. The van der Waals surface area contributed by atoms with Crippen molar-refractivity contribution in [2.24, 2.45) is 5.92 Å². The zero-order valence-corrected chi connectivity index (χ0v) is 11.2. The molecule has 1 rings (SSSR count). The van der Waals surface area contributed by atoms with Crippen molar-refractivity contribution in [2.75, 3.05) is 12.4 Å². The van der Waals surface area contributed by atoms with Gasteiger partial charge in [-0.3, -0.25) is 0 Å². The van der Waals surface area contributed by atoms with Gasteiger partial charge in [0.15, 0.2) is 0 Å². The SMILES string of the molecule is CC(C)NC(CO)(CSC(C)C)C1CC1. The van der Waals surface area contributed by atoms with E-state index in [2.05, 4.69) is 33.0 Å². The van der Waals surface area contributed by atoms with E-state index in [0.29, 0.717) is 17.2 Å². The summed E-state index contributed by atoms with van der Waals surface area (Å²) in [6.07, 6.45) is 2.55. The maximum atomic E-state index is 9.67. The van der Waals surface area contributed by atoms with Crippen LogP contribution in [0.15, 0.2) is 0 Å². The first-order chi connectivity index (χ1) is 7.00. The quantitative estimate of drug-likeness (QED) is 0.705. The normalized spacial score (nSPS) is 21.0. The van der Waals surface area contributed by atoms with Gasteiger partial charge in [0, 0.05) is 11.8 Å². The molecule has 0 spiro atoms. The van der Waals surface area contributed by atoms with Crippen LogP contribution in [-0.4, -0.2) is 34.3 Å². The van der Waals surface area contributed by atoms with Crippen LogP contribution in [0.1, 0.15) is 40.5 Å². The Bertz CT molecular complexity index is 192. The number of nitrogens with one attached hydrogen (secondary N) is 1. The van der Waals surface area contributed by atoms with Crippen molar-refractivity contribution in [3.8, 4) is 0 Å². The Hall–Kier alpha value is 0.270. The molecule has 2 N–H and O–H groups in total. The molecule has 2 nitrogen and oxygen atoms in total. The number of hydrogen-bond acceptors (Lipinski definition) is 3. The summed E-state index contributed by atoms with van der Waals surface area (Å²) in [6.45, 7) is 9.03. The summed E-state index contributed by atoms with van der Waals surface area (Å²) in [5.41, 5.74) is -0.0247. The zero-order valence-electron chi connectivity index (χ0n) is 10.4. The first-order valence-corrected chi connectivity index (χ1v) is 7.05. The Balaban J connectivity index is 2.56. The van der Waals surface area contributed by atoms with Crippen molar-refractivity contribution in [3.63, 3.8) is 0 Å². The molecule has 0 aromatic carbocycles. The minimum atomic E-state index is -0.0247.